The normalized spacial score (nSPS) is 34.3. The number of rotatable bonds is 16. The van der Waals surface area contributed by atoms with E-state index in [0.717, 1.165) is 18.6 Å². The highest BCUT2D eigenvalue weighted by molar-refractivity contribution is 7.49. The Hall–Kier alpha value is -9.89. The first-order chi connectivity index (χ1) is 62.4. The van der Waals surface area contributed by atoms with Crippen molar-refractivity contribution in [2.24, 2.45) is 0 Å². The summed E-state index contributed by atoms with van der Waals surface area (Å²) in [7, 11) is -18.4. The maximum atomic E-state index is 15.9. The molecular formula is C73H62Cl4F4N8O35P4. The van der Waals surface area contributed by atoms with Gasteiger partial charge in [0, 0.05) is 67.1 Å². The summed E-state index contributed by atoms with van der Waals surface area (Å²) in [6.45, 7) is -7.90. The number of terminal acetylenes is 4. The standard InChI is InChI=1S/C19H17ClFN2O8P.3C18H15ClFN2O9P/c1-3-11-7-23(10(2)22-17(11)26)18-15(24)16(25)19(21,30-18)9-29-32(27)28-8-12-6-13(20)4-5-14(12)31-32;3*1-2-9-6-22(17(26)21-15(9)25)16-13(23)14(24)18(20,30-16)8-29-32(27)28-7-10-5-11(19)3-4-12(10)31-32/h1,4-7,15-16,18,24-25H,2,8-9H2,(H,22,26);3*1,3-6,13-14,16,23-24H,7-8H2,(H,21,25,26)/t15-,16+,18-,19-,32?;3*13-,14+,16-,18-,32?/m1111/s1/i9D2,18D;16D;8D2;. The lowest BCUT2D eigenvalue weighted by atomic mass is 10.1. The number of H-pyrrole nitrogens is 3. The van der Waals surface area contributed by atoms with Gasteiger partial charge in [-0.05, 0) is 72.8 Å². The fraction of sp³-hybridized carbons (Fsp3) is 0.329. The van der Waals surface area contributed by atoms with E-state index >= 15 is 17.6 Å². The van der Waals surface area contributed by atoms with Crippen molar-refractivity contribution in [3.8, 4) is 72.4 Å². The van der Waals surface area contributed by atoms with Crippen LogP contribution in [0.25, 0.3) is 0 Å². The highest BCUT2D eigenvalue weighted by atomic mass is 35.5. The summed E-state index contributed by atoms with van der Waals surface area (Å²) < 4.78 is 243. The number of ether oxygens (including phenoxy) is 4. The number of carbonyl (C=O) groups excluding carboxylic acids is 1. The minimum atomic E-state index is -4.85. The summed E-state index contributed by atoms with van der Waals surface area (Å²) in [5.74, 6) is -7.46. The number of aromatic nitrogens is 6. The highest BCUT2D eigenvalue weighted by Gasteiger charge is 2.63. The summed E-state index contributed by atoms with van der Waals surface area (Å²) in [5, 5.41) is 86.0. The Morgan fingerprint density at radius 2 is 0.766 bits per heavy atom. The Balaban J connectivity index is 0.000000152. The van der Waals surface area contributed by atoms with Gasteiger partial charge in [0.25, 0.3) is 46.0 Å². The maximum Gasteiger partial charge on any atom is 0.530 e. The Kier molecular flexibility index (Phi) is 25.4. The number of aliphatic hydroxyl groups is 8. The fourth-order valence-electron chi connectivity index (χ4n) is 12.0. The van der Waals surface area contributed by atoms with E-state index < -0.39 is 225 Å². The summed E-state index contributed by atoms with van der Waals surface area (Å²) >= 11 is 23.4. The maximum absolute atomic E-state index is 15.9. The molecule has 0 aliphatic carbocycles. The molecule has 0 spiro atoms. The van der Waals surface area contributed by atoms with Gasteiger partial charge in [0.1, 0.15) is 126 Å². The molecule has 4 fully saturated rings. The summed E-state index contributed by atoms with van der Waals surface area (Å²) in [6, 6.07) is 17.0. The van der Waals surface area contributed by atoms with E-state index in [0.29, 0.717) is 67.1 Å². The molecule has 3 aromatic heterocycles. The van der Waals surface area contributed by atoms with Gasteiger partial charge in [0.05, 0.1) is 34.7 Å². The van der Waals surface area contributed by atoms with E-state index in [4.69, 9.17) is 154 Å². The van der Waals surface area contributed by atoms with Gasteiger partial charge < -0.3 is 88.1 Å². The van der Waals surface area contributed by atoms with Crippen LogP contribution in [0.1, 0.15) is 65.8 Å². The summed E-state index contributed by atoms with van der Waals surface area (Å²) in [4.78, 5) is 89.2. The molecule has 128 heavy (non-hydrogen) atoms. The van der Waals surface area contributed by atoms with Crippen LogP contribution in [0.15, 0.2) is 144 Å². The lowest BCUT2D eigenvalue weighted by Crippen LogP contribution is -2.47. The van der Waals surface area contributed by atoms with Crippen molar-refractivity contribution in [1.82, 2.24) is 38.9 Å². The number of alkyl halides is 4. The van der Waals surface area contributed by atoms with E-state index in [-0.39, 0.29) is 47.3 Å². The van der Waals surface area contributed by atoms with Crippen LogP contribution in [-0.2, 0) is 105 Å². The molecule has 1 amide bonds. The Bertz CT molecular complexity index is 6790. The number of nitrogens with one attached hydrogen (secondary N) is 4. The Morgan fingerprint density at radius 1 is 0.461 bits per heavy atom. The van der Waals surface area contributed by atoms with Crippen LogP contribution in [0, 0.1) is 49.4 Å². The van der Waals surface area contributed by atoms with Gasteiger partial charge in [-0.3, -0.25) is 84.0 Å². The summed E-state index contributed by atoms with van der Waals surface area (Å²) in [6.07, 6.45) is -5.20. The monoisotopic (exact) mass is 1960 g/mol. The van der Waals surface area contributed by atoms with Gasteiger partial charge in [-0.1, -0.05) is 76.7 Å². The van der Waals surface area contributed by atoms with Gasteiger partial charge >= 0.3 is 48.4 Å². The number of amides is 1. The van der Waals surface area contributed by atoms with Crippen molar-refractivity contribution in [1.29, 1.82) is 0 Å². The number of aliphatic hydroxyl groups excluding tert-OH is 8. The third kappa shape index (κ3) is 19.9. The molecule has 9 aliphatic heterocycles. The minimum Gasteiger partial charge on any atom is -0.404 e. The number of fused-ring (bicyclic) bond motifs is 4. The van der Waals surface area contributed by atoms with Gasteiger partial charge in [0.2, 0.25) is 0 Å². The van der Waals surface area contributed by atoms with E-state index in [1.807, 2.05) is 33.6 Å². The molecule has 20 atom stereocenters. The van der Waals surface area contributed by atoms with E-state index in [1.165, 1.54) is 72.8 Å². The first kappa shape index (κ1) is 87.4. The number of benzene rings is 4. The third-order valence-corrected chi connectivity index (χ3v) is 24.5. The minimum absolute atomic E-state index is 0.0323. The van der Waals surface area contributed by atoms with Crippen molar-refractivity contribution in [3.05, 3.63) is 237 Å². The summed E-state index contributed by atoms with van der Waals surface area (Å²) in [5.41, 5.74) is -6.17. The van der Waals surface area contributed by atoms with Crippen molar-refractivity contribution < 1.29 is 163 Å². The van der Waals surface area contributed by atoms with Crippen LogP contribution in [0.2, 0.25) is 20.1 Å². The van der Waals surface area contributed by atoms with Crippen molar-refractivity contribution >= 4 is 83.6 Å². The predicted octanol–water partition coefficient (Wildman–Crippen LogP) is 4.00. The molecule has 0 radical (unpaired) electrons. The zero-order valence-electron chi connectivity index (χ0n) is 69.5. The smallest absolute Gasteiger partial charge is 0.404 e. The zero-order valence-corrected chi connectivity index (χ0v) is 70.1. The number of hydrogen-bond acceptors (Lipinski definition) is 36. The highest BCUT2D eigenvalue weighted by Crippen LogP contribution is 2.60. The molecule has 7 aromatic rings. The van der Waals surface area contributed by atoms with E-state index in [1.54, 1.807) is 4.98 Å². The van der Waals surface area contributed by atoms with E-state index in [2.05, 4.69) is 11.9 Å². The van der Waals surface area contributed by atoms with Crippen molar-refractivity contribution in [2.75, 3.05) is 26.3 Å². The number of aromatic amines is 3. The van der Waals surface area contributed by atoms with Crippen LogP contribution in [0.4, 0.5) is 17.6 Å². The van der Waals surface area contributed by atoms with Crippen LogP contribution in [-0.4, -0.2) is 185 Å². The second-order valence-corrected chi connectivity index (χ2v) is 35.0. The number of phosphoric ester groups is 4. The molecule has 0 saturated carbocycles. The molecule has 55 heteroatoms. The third-order valence-electron chi connectivity index (χ3n) is 18.6. The first-order valence-electron chi connectivity index (χ1n) is 38.4. The topological polar surface area (TPSA) is 575 Å². The molecular weight excluding hydrogens is 1890 g/mol. The zero-order chi connectivity index (χ0) is 98.5. The van der Waals surface area contributed by atoms with Crippen molar-refractivity contribution in [3.63, 3.8) is 0 Å². The number of nitrogens with zero attached hydrogens (tertiary/aromatic N) is 4. The quantitative estimate of drug-likeness (QED) is 0.0369. The fourth-order valence-corrected chi connectivity index (χ4v) is 17.5. The second kappa shape index (κ2) is 37.2. The Labute approximate surface area is 741 Å². The molecule has 4 saturated heterocycles. The average molecular weight is 1960 g/mol. The molecule has 0 bridgehead atoms. The number of carbonyl (C=O) groups is 1. The Morgan fingerprint density at radius 3 is 1.14 bits per heavy atom. The number of halogens is 8. The molecule has 16 rings (SSSR count). The lowest BCUT2D eigenvalue weighted by molar-refractivity contribution is -0.208. The van der Waals surface area contributed by atoms with Gasteiger partial charge in [-0.25, -0.2) is 50.2 Å². The first-order valence-corrected chi connectivity index (χ1v) is 42.8. The SMILES string of the molecule is C#Cc1cn([C@@H]2O[C@](F)(COP3(=O)OCc4cc(Cl)ccc4O3)[C@@H](O)[C@H]2O)c(=O)[nH]c1=O.[2H]C([2H])(OP1(=O)OCc2cc(Cl)ccc2O1)[C@@]1(F)O[C@@H](n2cc(C#C)c(=O)[nH]c2=O)[C@H](O)[C@@H]1O.[2H]C([2H])(OP1(=O)OCc2cc(Cl)ccc2O1)[C@@]1(F)O[C@@]([2H])(N2C=C(C#C)C(=O)NC2=C)[C@H](O)[C@@H]1O.[2H][C@@]1(n2cc(C#C)c(=O)[nH]c2=O)O[C@](F)(COP2(=O)OCc3cc(Cl)ccc3O2)[C@@H](O)[C@H]1O. The predicted molar refractivity (Wildman–Crippen MR) is 424 cm³/mol. The molecule has 680 valence electrons. The molecule has 9 aliphatic rings. The van der Waals surface area contributed by atoms with Gasteiger partial charge in [-0.2, -0.15) is 0 Å². The van der Waals surface area contributed by atoms with E-state index in [9.17, 15) is 92.7 Å². The van der Waals surface area contributed by atoms with Crippen LogP contribution in [0.3, 0.4) is 0 Å². The van der Waals surface area contributed by atoms with Crippen molar-refractivity contribution in [2.45, 2.75) is 124 Å². The number of phosphoric acid groups is 4. The second-order valence-electron chi connectivity index (χ2n) is 27.1. The lowest BCUT2D eigenvalue weighted by Gasteiger charge is -2.33. The average Bonchev–Trinajstić information content (AvgIpc) is 1.56. The molecule has 4 unspecified atom stereocenters. The molecule has 4 aromatic carbocycles. The van der Waals surface area contributed by atoms with Crippen LogP contribution >= 0.6 is 77.7 Å². The van der Waals surface area contributed by atoms with Gasteiger partial charge in [0.15, 0.2) is 24.9 Å². The number of hydrogen-bond donors (Lipinski definition) is 12. The van der Waals surface area contributed by atoms with Gasteiger partial charge in [-0.15, -0.1) is 25.7 Å². The van der Waals surface area contributed by atoms with Crippen LogP contribution < -0.4 is 57.2 Å². The largest absolute Gasteiger partial charge is 0.530 e. The molecule has 12 heterocycles. The molecule has 43 nitrogen and oxygen atoms in total. The van der Waals surface area contributed by atoms with Crippen LogP contribution in [0.5, 0.6) is 23.0 Å². The molecule has 12 N–H and O–H groups in total.